The Morgan fingerprint density at radius 1 is 1.35 bits per heavy atom. The number of hydrogen-bond acceptors (Lipinski definition) is 2. The molecule has 0 radical (unpaired) electrons. The normalized spacial score (nSPS) is 23.2. The van der Waals surface area contributed by atoms with Gasteiger partial charge in [-0.2, -0.15) is 5.26 Å². The Labute approximate surface area is 155 Å². The molecule has 1 aromatic carbocycles. The van der Waals surface area contributed by atoms with Crippen LogP contribution in [0.25, 0.3) is 17.0 Å². The van der Waals surface area contributed by atoms with Crippen molar-refractivity contribution in [2.24, 2.45) is 11.8 Å². The maximum absolute atomic E-state index is 12.4. The largest absolute Gasteiger partial charge is 0.350 e. The number of fused-ring (bicyclic) bond motifs is 1. The third-order valence-corrected chi connectivity index (χ3v) is 5.73. The lowest BCUT2D eigenvalue weighted by atomic mass is 9.78. The second-order valence-electron chi connectivity index (χ2n) is 7.42. The number of amides is 1. The lowest BCUT2D eigenvalue weighted by Crippen LogP contribution is -2.43. The minimum Gasteiger partial charge on any atom is -0.350 e. The highest BCUT2D eigenvalue weighted by Gasteiger charge is 2.27. The molecule has 1 aromatic heterocycles. The first-order chi connectivity index (χ1) is 12.6. The molecule has 3 rings (SSSR count). The minimum atomic E-state index is -0.0233. The summed E-state index contributed by atoms with van der Waals surface area (Å²) in [6, 6.07) is 10.6. The molecule has 1 saturated carbocycles. The monoisotopic (exact) mass is 349 g/mol. The van der Waals surface area contributed by atoms with Crippen molar-refractivity contribution >= 4 is 22.9 Å². The van der Waals surface area contributed by atoms with Crippen LogP contribution in [-0.2, 0) is 11.3 Å². The Hall–Kier alpha value is -2.54. The maximum atomic E-state index is 12.4. The summed E-state index contributed by atoms with van der Waals surface area (Å²) in [4.78, 5) is 12.4. The molecule has 136 valence electrons. The Morgan fingerprint density at radius 3 is 2.96 bits per heavy atom. The van der Waals surface area contributed by atoms with E-state index in [9.17, 15) is 4.79 Å². The number of rotatable bonds is 5. The van der Waals surface area contributed by atoms with Gasteiger partial charge in [-0.25, -0.2) is 0 Å². The fourth-order valence-corrected chi connectivity index (χ4v) is 3.95. The fraction of sp³-hybridized carbons (Fsp3) is 0.455. The third kappa shape index (κ3) is 3.99. The van der Waals surface area contributed by atoms with Crippen molar-refractivity contribution in [1.82, 2.24) is 9.88 Å². The van der Waals surface area contributed by atoms with E-state index >= 15 is 0 Å². The van der Waals surface area contributed by atoms with Gasteiger partial charge in [0, 0.05) is 41.3 Å². The van der Waals surface area contributed by atoms with Gasteiger partial charge in [0.2, 0.25) is 5.91 Å². The Morgan fingerprint density at radius 2 is 2.15 bits per heavy atom. The van der Waals surface area contributed by atoms with Crippen molar-refractivity contribution in [3.63, 3.8) is 0 Å². The summed E-state index contributed by atoms with van der Waals surface area (Å²) in [6.45, 7) is 5.17. The molecule has 26 heavy (non-hydrogen) atoms. The highest BCUT2D eigenvalue weighted by molar-refractivity contribution is 5.96. The number of para-hydroxylation sites is 1. The van der Waals surface area contributed by atoms with Gasteiger partial charge in [0.15, 0.2) is 0 Å². The summed E-state index contributed by atoms with van der Waals surface area (Å²) in [5.74, 6) is 1.16. The first-order valence-corrected chi connectivity index (χ1v) is 9.53. The third-order valence-electron chi connectivity index (χ3n) is 5.73. The predicted molar refractivity (Wildman–Crippen MR) is 105 cm³/mol. The lowest BCUT2D eigenvalue weighted by Gasteiger charge is -2.34. The van der Waals surface area contributed by atoms with Crippen LogP contribution in [0.4, 0.5) is 0 Å². The van der Waals surface area contributed by atoms with E-state index in [-0.39, 0.29) is 11.9 Å². The molecular formula is C22H27N3O. The van der Waals surface area contributed by atoms with Gasteiger partial charge in [-0.1, -0.05) is 44.9 Å². The zero-order valence-electron chi connectivity index (χ0n) is 15.6. The van der Waals surface area contributed by atoms with E-state index in [1.54, 1.807) is 6.08 Å². The molecule has 4 nitrogen and oxygen atoms in total. The smallest absolute Gasteiger partial charge is 0.244 e. The van der Waals surface area contributed by atoms with Crippen LogP contribution in [0.15, 0.2) is 36.5 Å². The van der Waals surface area contributed by atoms with E-state index in [2.05, 4.69) is 41.9 Å². The summed E-state index contributed by atoms with van der Waals surface area (Å²) in [5.41, 5.74) is 2.11. The van der Waals surface area contributed by atoms with Crippen LogP contribution in [-0.4, -0.2) is 16.5 Å². The molecule has 4 heteroatoms. The number of carbonyl (C=O) groups excluding carboxylic acids is 1. The molecule has 0 saturated heterocycles. The summed E-state index contributed by atoms with van der Waals surface area (Å²) in [6.07, 6.45) is 9.54. The van der Waals surface area contributed by atoms with E-state index in [0.29, 0.717) is 24.8 Å². The summed E-state index contributed by atoms with van der Waals surface area (Å²) < 4.78 is 2.08. The molecule has 0 aliphatic heterocycles. The second-order valence-corrected chi connectivity index (χ2v) is 7.42. The number of hydrogen-bond donors (Lipinski definition) is 1. The molecule has 1 fully saturated rings. The van der Waals surface area contributed by atoms with Crippen LogP contribution in [0.1, 0.15) is 45.1 Å². The van der Waals surface area contributed by atoms with Gasteiger partial charge in [0.1, 0.15) is 0 Å². The molecule has 1 heterocycles. The summed E-state index contributed by atoms with van der Waals surface area (Å²) in [7, 11) is 0. The zero-order valence-corrected chi connectivity index (χ0v) is 15.6. The molecule has 1 amide bonds. The lowest BCUT2D eigenvalue weighted by molar-refractivity contribution is -0.117. The van der Waals surface area contributed by atoms with Crippen LogP contribution in [0.2, 0.25) is 0 Å². The standard InChI is InChI=1S/C22H27N3O/c1-16-7-5-9-20(17(16)2)24-22(26)12-11-18-15-25(14-6-13-23)21-10-4-3-8-19(18)21/h3-4,8,10-12,15-17,20H,5-7,9,14H2,1-2H3,(H,24,26)/b12-11+. The number of nitriles is 1. The highest BCUT2D eigenvalue weighted by Crippen LogP contribution is 2.29. The number of aryl methyl sites for hydroxylation is 1. The highest BCUT2D eigenvalue weighted by atomic mass is 16.1. The van der Waals surface area contributed by atoms with Crippen LogP contribution in [0.5, 0.6) is 0 Å². The molecule has 3 atom stereocenters. The van der Waals surface area contributed by atoms with E-state index in [1.807, 2.05) is 24.4 Å². The first-order valence-electron chi connectivity index (χ1n) is 9.53. The van der Waals surface area contributed by atoms with Crippen molar-refractivity contribution in [3.05, 3.63) is 42.1 Å². The number of aromatic nitrogens is 1. The average Bonchev–Trinajstić information content (AvgIpc) is 3.00. The number of benzene rings is 1. The molecule has 1 N–H and O–H groups in total. The van der Waals surface area contributed by atoms with E-state index in [1.165, 1.54) is 12.8 Å². The van der Waals surface area contributed by atoms with Crippen molar-refractivity contribution in [2.75, 3.05) is 0 Å². The van der Waals surface area contributed by atoms with Gasteiger partial charge >= 0.3 is 0 Å². The Balaban J connectivity index is 1.73. The summed E-state index contributed by atoms with van der Waals surface area (Å²) >= 11 is 0. The number of carbonyl (C=O) groups is 1. The van der Waals surface area contributed by atoms with Crippen LogP contribution in [0.3, 0.4) is 0 Å². The van der Waals surface area contributed by atoms with Gasteiger partial charge in [-0.3, -0.25) is 4.79 Å². The maximum Gasteiger partial charge on any atom is 0.244 e. The van der Waals surface area contributed by atoms with Crippen molar-refractivity contribution in [1.29, 1.82) is 5.26 Å². The Kier molecular flexibility index (Phi) is 5.78. The molecule has 0 bridgehead atoms. The van der Waals surface area contributed by atoms with Crippen LogP contribution < -0.4 is 5.32 Å². The van der Waals surface area contributed by atoms with Gasteiger partial charge in [-0.15, -0.1) is 0 Å². The van der Waals surface area contributed by atoms with E-state index in [4.69, 9.17) is 5.26 Å². The van der Waals surface area contributed by atoms with Crippen molar-refractivity contribution in [2.45, 2.75) is 52.1 Å². The predicted octanol–water partition coefficient (Wildman–Crippen LogP) is 4.51. The zero-order chi connectivity index (χ0) is 18.5. The minimum absolute atomic E-state index is 0.0233. The van der Waals surface area contributed by atoms with E-state index < -0.39 is 0 Å². The van der Waals surface area contributed by atoms with E-state index in [0.717, 1.165) is 22.9 Å². The quantitative estimate of drug-likeness (QED) is 0.808. The molecule has 3 unspecified atom stereocenters. The number of nitrogens with one attached hydrogen (secondary N) is 1. The van der Waals surface area contributed by atoms with Crippen molar-refractivity contribution < 1.29 is 4.79 Å². The average molecular weight is 349 g/mol. The molecule has 2 aromatic rings. The molecular weight excluding hydrogens is 322 g/mol. The molecule has 1 aliphatic rings. The molecule has 0 spiro atoms. The SMILES string of the molecule is CC1CCCC(NC(=O)/C=C/c2cn(CCC#N)c3ccccc23)C1C. The number of nitrogens with zero attached hydrogens (tertiary/aromatic N) is 2. The first kappa shape index (κ1) is 18.3. The topological polar surface area (TPSA) is 57.8 Å². The molecule has 1 aliphatic carbocycles. The second kappa shape index (κ2) is 8.23. The van der Waals surface area contributed by atoms with Gasteiger partial charge < -0.3 is 9.88 Å². The summed E-state index contributed by atoms with van der Waals surface area (Å²) in [5, 5.41) is 13.1. The fourth-order valence-electron chi connectivity index (χ4n) is 3.95. The Bertz CT molecular complexity index is 843. The van der Waals surface area contributed by atoms with Crippen LogP contribution >= 0.6 is 0 Å². The van der Waals surface area contributed by atoms with Gasteiger partial charge in [0.05, 0.1) is 12.5 Å². The van der Waals surface area contributed by atoms with Gasteiger partial charge in [-0.05, 0) is 30.4 Å². The van der Waals surface area contributed by atoms with Gasteiger partial charge in [0.25, 0.3) is 0 Å². The van der Waals surface area contributed by atoms with Crippen LogP contribution in [0, 0.1) is 23.2 Å². The van der Waals surface area contributed by atoms with Crippen molar-refractivity contribution in [3.8, 4) is 6.07 Å².